The van der Waals surface area contributed by atoms with E-state index in [1.807, 2.05) is 19.2 Å². The zero-order valence-electron chi connectivity index (χ0n) is 9.87. The molecule has 0 heterocycles. The third-order valence-electron chi connectivity index (χ3n) is 4.47. The van der Waals surface area contributed by atoms with E-state index in [0.717, 1.165) is 19.3 Å². The van der Waals surface area contributed by atoms with Crippen LogP contribution in [0, 0.1) is 23.7 Å². The monoisotopic (exact) mass is 235 g/mol. The fourth-order valence-electron chi connectivity index (χ4n) is 3.37. The van der Waals surface area contributed by atoms with Crippen LogP contribution < -0.4 is 0 Å². The van der Waals surface area contributed by atoms with Gasteiger partial charge in [0.05, 0.1) is 11.8 Å². The Balaban J connectivity index is 1.83. The lowest BCUT2D eigenvalue weighted by Gasteiger charge is -2.28. The largest absolute Gasteiger partial charge is 0.481 e. The molecular formula is C13H17NO3. The molecule has 4 heteroatoms. The molecule has 0 spiro atoms. The molecule has 3 aliphatic carbocycles. The number of hydrogen-bond acceptors (Lipinski definition) is 2. The molecule has 1 amide bonds. The quantitative estimate of drug-likeness (QED) is 0.746. The van der Waals surface area contributed by atoms with Crippen LogP contribution in [0.2, 0.25) is 0 Å². The number of carbonyl (C=O) groups is 2. The van der Waals surface area contributed by atoms with Crippen LogP contribution in [-0.4, -0.2) is 35.0 Å². The summed E-state index contributed by atoms with van der Waals surface area (Å²) in [5, 5.41) is 9.29. The van der Waals surface area contributed by atoms with Crippen LogP contribution in [0.25, 0.3) is 0 Å². The Morgan fingerprint density at radius 3 is 2.29 bits per heavy atom. The van der Waals surface area contributed by atoms with Gasteiger partial charge in [0.15, 0.2) is 0 Å². The molecule has 2 fully saturated rings. The van der Waals surface area contributed by atoms with E-state index in [9.17, 15) is 14.7 Å². The molecule has 2 bridgehead atoms. The number of nitrogens with zero attached hydrogens (tertiary/aromatic N) is 1. The minimum Gasteiger partial charge on any atom is -0.481 e. The summed E-state index contributed by atoms with van der Waals surface area (Å²) in [7, 11) is 1.81. The van der Waals surface area contributed by atoms with Gasteiger partial charge in [0.25, 0.3) is 0 Å². The summed E-state index contributed by atoms with van der Waals surface area (Å²) in [6, 6.07) is 0.361. The third-order valence-corrected chi connectivity index (χ3v) is 4.47. The van der Waals surface area contributed by atoms with E-state index < -0.39 is 11.9 Å². The maximum absolute atomic E-state index is 12.4. The minimum absolute atomic E-state index is 0.0387. The number of allylic oxidation sites excluding steroid dienone is 2. The Morgan fingerprint density at radius 1 is 1.18 bits per heavy atom. The van der Waals surface area contributed by atoms with Crippen molar-refractivity contribution in [2.24, 2.45) is 23.7 Å². The van der Waals surface area contributed by atoms with Gasteiger partial charge in [0, 0.05) is 13.1 Å². The summed E-state index contributed by atoms with van der Waals surface area (Å²) in [6.45, 7) is 0. The molecule has 4 atom stereocenters. The zero-order chi connectivity index (χ0) is 12.2. The highest BCUT2D eigenvalue weighted by Crippen LogP contribution is 2.49. The van der Waals surface area contributed by atoms with Gasteiger partial charge in [0.1, 0.15) is 0 Å². The molecule has 2 saturated carbocycles. The molecule has 0 aliphatic heterocycles. The molecule has 0 aromatic rings. The van der Waals surface area contributed by atoms with Gasteiger partial charge >= 0.3 is 5.97 Å². The van der Waals surface area contributed by atoms with Gasteiger partial charge in [-0.3, -0.25) is 9.59 Å². The zero-order valence-corrected chi connectivity index (χ0v) is 9.87. The standard InChI is InChI=1S/C13H17NO3/c1-14(9-4-5-9)12(15)10-7-2-3-8(6-7)11(10)13(16)17/h2-3,7-11H,4-6H2,1H3,(H,16,17). The first-order valence-electron chi connectivity index (χ1n) is 6.27. The van der Waals surface area contributed by atoms with Crippen molar-refractivity contribution < 1.29 is 14.7 Å². The summed E-state index contributed by atoms with van der Waals surface area (Å²) in [4.78, 5) is 25.4. The predicted molar refractivity (Wildman–Crippen MR) is 61.1 cm³/mol. The summed E-state index contributed by atoms with van der Waals surface area (Å²) >= 11 is 0. The number of amides is 1. The molecule has 0 radical (unpaired) electrons. The molecule has 1 N–H and O–H groups in total. The van der Waals surface area contributed by atoms with E-state index in [0.29, 0.717) is 6.04 Å². The van der Waals surface area contributed by atoms with E-state index in [2.05, 4.69) is 0 Å². The molecule has 0 saturated heterocycles. The summed E-state index contributed by atoms with van der Waals surface area (Å²) in [5.74, 6) is -1.39. The number of fused-ring (bicyclic) bond motifs is 2. The number of carbonyl (C=O) groups excluding carboxylic acids is 1. The van der Waals surface area contributed by atoms with Gasteiger partial charge in [-0.05, 0) is 31.1 Å². The van der Waals surface area contributed by atoms with Crippen LogP contribution in [0.15, 0.2) is 12.2 Å². The van der Waals surface area contributed by atoms with Crippen molar-refractivity contribution in [3.8, 4) is 0 Å². The summed E-state index contributed by atoms with van der Waals surface area (Å²) < 4.78 is 0. The van der Waals surface area contributed by atoms with Crippen molar-refractivity contribution in [3.05, 3.63) is 12.2 Å². The van der Waals surface area contributed by atoms with Crippen molar-refractivity contribution in [1.29, 1.82) is 0 Å². The Hall–Kier alpha value is -1.32. The third kappa shape index (κ3) is 1.58. The van der Waals surface area contributed by atoms with Crippen molar-refractivity contribution >= 4 is 11.9 Å². The molecule has 4 unspecified atom stereocenters. The first kappa shape index (κ1) is 10.8. The predicted octanol–water partition coefficient (Wildman–Crippen LogP) is 1.13. The molecular weight excluding hydrogens is 218 g/mol. The number of carboxylic acid groups (broad SMARTS) is 1. The minimum atomic E-state index is -0.815. The highest BCUT2D eigenvalue weighted by atomic mass is 16.4. The van der Waals surface area contributed by atoms with Crippen LogP contribution in [-0.2, 0) is 9.59 Å². The molecule has 3 rings (SSSR count). The van der Waals surface area contributed by atoms with Gasteiger partial charge in [-0.2, -0.15) is 0 Å². The van der Waals surface area contributed by atoms with E-state index in [1.54, 1.807) is 4.90 Å². The topological polar surface area (TPSA) is 57.6 Å². The first-order valence-corrected chi connectivity index (χ1v) is 6.27. The van der Waals surface area contributed by atoms with E-state index in [-0.39, 0.29) is 23.7 Å². The second-order valence-corrected chi connectivity index (χ2v) is 5.52. The van der Waals surface area contributed by atoms with E-state index in [1.165, 1.54) is 0 Å². The maximum Gasteiger partial charge on any atom is 0.307 e. The van der Waals surface area contributed by atoms with Crippen molar-refractivity contribution in [2.75, 3.05) is 7.05 Å². The number of rotatable bonds is 3. The lowest BCUT2D eigenvalue weighted by atomic mass is 9.82. The van der Waals surface area contributed by atoms with Gasteiger partial charge in [0.2, 0.25) is 5.91 Å². The summed E-state index contributed by atoms with van der Waals surface area (Å²) in [6.07, 6.45) is 6.98. The second kappa shape index (κ2) is 3.59. The normalized spacial score (nSPS) is 38.4. The fraction of sp³-hybridized carbons (Fsp3) is 0.692. The number of aliphatic carboxylic acids is 1. The smallest absolute Gasteiger partial charge is 0.307 e. The van der Waals surface area contributed by atoms with Crippen LogP contribution in [0.1, 0.15) is 19.3 Å². The van der Waals surface area contributed by atoms with Crippen LogP contribution in [0.4, 0.5) is 0 Å². The molecule has 0 aromatic heterocycles. The Bertz CT molecular complexity index is 399. The number of carboxylic acids is 1. The molecule has 0 aromatic carbocycles. The Labute approximate surface area is 100 Å². The molecule has 3 aliphatic rings. The Kier molecular flexibility index (Phi) is 2.28. The van der Waals surface area contributed by atoms with Gasteiger partial charge in [-0.25, -0.2) is 0 Å². The Morgan fingerprint density at radius 2 is 1.76 bits per heavy atom. The van der Waals surface area contributed by atoms with E-state index in [4.69, 9.17) is 0 Å². The number of hydrogen-bond donors (Lipinski definition) is 1. The first-order chi connectivity index (χ1) is 8.09. The second-order valence-electron chi connectivity index (χ2n) is 5.52. The highest BCUT2D eigenvalue weighted by molar-refractivity contribution is 5.87. The van der Waals surface area contributed by atoms with Crippen LogP contribution in [0.5, 0.6) is 0 Å². The van der Waals surface area contributed by atoms with E-state index >= 15 is 0 Å². The molecule has 92 valence electrons. The van der Waals surface area contributed by atoms with Crippen LogP contribution in [0.3, 0.4) is 0 Å². The van der Waals surface area contributed by atoms with Crippen LogP contribution >= 0.6 is 0 Å². The fourth-order valence-corrected chi connectivity index (χ4v) is 3.37. The average molecular weight is 235 g/mol. The molecule has 17 heavy (non-hydrogen) atoms. The maximum atomic E-state index is 12.4. The summed E-state index contributed by atoms with van der Waals surface area (Å²) in [5.41, 5.74) is 0. The van der Waals surface area contributed by atoms with Crippen molar-refractivity contribution in [3.63, 3.8) is 0 Å². The van der Waals surface area contributed by atoms with Gasteiger partial charge in [-0.15, -0.1) is 0 Å². The van der Waals surface area contributed by atoms with Gasteiger partial charge in [-0.1, -0.05) is 12.2 Å². The van der Waals surface area contributed by atoms with Crippen molar-refractivity contribution in [2.45, 2.75) is 25.3 Å². The SMILES string of the molecule is CN(C(=O)C1C2C=CC(C2)C1C(=O)O)C1CC1. The van der Waals surface area contributed by atoms with Gasteiger partial charge < -0.3 is 10.0 Å². The lowest BCUT2D eigenvalue weighted by Crippen LogP contribution is -2.42. The van der Waals surface area contributed by atoms with Crippen molar-refractivity contribution in [1.82, 2.24) is 4.90 Å². The lowest BCUT2D eigenvalue weighted by molar-refractivity contribution is -0.150. The highest BCUT2D eigenvalue weighted by Gasteiger charge is 2.53. The average Bonchev–Trinajstić information content (AvgIpc) is 2.95. The molecule has 4 nitrogen and oxygen atoms in total.